The van der Waals surface area contributed by atoms with Gasteiger partial charge >= 0.3 is 0 Å². The van der Waals surface area contributed by atoms with Crippen molar-refractivity contribution in [1.82, 2.24) is 24.8 Å². The van der Waals surface area contributed by atoms with Crippen LogP contribution >= 0.6 is 23.2 Å². The molecule has 0 bridgehead atoms. The van der Waals surface area contributed by atoms with Crippen LogP contribution in [0.3, 0.4) is 0 Å². The molecule has 1 N–H and O–H groups in total. The molecule has 2 aromatic heterocycles. The molecular formula is C25H25Cl2N7. The number of hydrogen-bond donors (Lipinski definition) is 1. The Balaban J connectivity index is 0.00000133. The summed E-state index contributed by atoms with van der Waals surface area (Å²) in [6.07, 6.45) is 3.47. The Labute approximate surface area is 209 Å². The van der Waals surface area contributed by atoms with Gasteiger partial charge in [0.1, 0.15) is 5.69 Å². The van der Waals surface area contributed by atoms with Crippen molar-refractivity contribution in [2.24, 2.45) is 0 Å². The predicted octanol–water partition coefficient (Wildman–Crippen LogP) is 5.55. The van der Waals surface area contributed by atoms with Gasteiger partial charge in [0.25, 0.3) is 0 Å². The molecule has 0 unspecified atom stereocenters. The molecule has 3 heterocycles. The van der Waals surface area contributed by atoms with Gasteiger partial charge in [0.15, 0.2) is 11.6 Å². The molecule has 2 aromatic carbocycles. The van der Waals surface area contributed by atoms with Crippen LogP contribution < -0.4 is 4.90 Å². The number of rotatable bonds is 4. The number of imidazole rings is 1. The first-order valence-electron chi connectivity index (χ1n) is 11.2. The standard InChI is InChI=1S/C23H19Cl2N7.C2H6/c24-17-2-3-18(25)16(12-17)14-31-7-9-32(10-8-31)23-21(22-27-5-6-28-22)29-20-11-15(13-26)1-4-19(20)30-23;1-2/h1-6,11-12H,7-10,14H2,(H,27,28);1-2H3. The second-order valence-electron chi connectivity index (χ2n) is 7.65. The van der Waals surface area contributed by atoms with Crippen LogP contribution in [-0.4, -0.2) is 51.0 Å². The smallest absolute Gasteiger partial charge is 0.159 e. The van der Waals surface area contributed by atoms with Crippen LogP contribution in [0.1, 0.15) is 25.0 Å². The summed E-state index contributed by atoms with van der Waals surface area (Å²) >= 11 is 12.5. The summed E-state index contributed by atoms with van der Waals surface area (Å²) in [6, 6.07) is 13.1. The lowest BCUT2D eigenvalue weighted by Crippen LogP contribution is -2.46. The van der Waals surface area contributed by atoms with Gasteiger partial charge in [-0.05, 0) is 42.0 Å². The zero-order valence-electron chi connectivity index (χ0n) is 19.1. The molecule has 0 saturated carbocycles. The van der Waals surface area contributed by atoms with E-state index >= 15 is 0 Å². The Bertz CT molecular complexity index is 1310. The van der Waals surface area contributed by atoms with Gasteiger partial charge in [-0.15, -0.1) is 0 Å². The Morgan fingerprint density at radius 2 is 1.79 bits per heavy atom. The molecule has 1 aliphatic heterocycles. The third-order valence-corrected chi connectivity index (χ3v) is 6.17. The topological polar surface area (TPSA) is 84.7 Å². The van der Waals surface area contributed by atoms with Gasteiger partial charge in [-0.3, -0.25) is 4.90 Å². The second-order valence-corrected chi connectivity index (χ2v) is 8.49. The van der Waals surface area contributed by atoms with Crippen molar-refractivity contribution >= 4 is 40.1 Å². The highest BCUT2D eigenvalue weighted by molar-refractivity contribution is 6.33. The Hall–Kier alpha value is -3.18. The zero-order valence-corrected chi connectivity index (χ0v) is 20.6. The highest BCUT2D eigenvalue weighted by Crippen LogP contribution is 2.29. The molecule has 9 heteroatoms. The quantitative estimate of drug-likeness (QED) is 0.401. The molecule has 1 saturated heterocycles. The predicted molar refractivity (Wildman–Crippen MR) is 137 cm³/mol. The fourth-order valence-electron chi connectivity index (χ4n) is 3.91. The van der Waals surface area contributed by atoms with E-state index in [-0.39, 0.29) is 0 Å². The lowest BCUT2D eigenvalue weighted by molar-refractivity contribution is 0.249. The summed E-state index contributed by atoms with van der Waals surface area (Å²) in [7, 11) is 0. The zero-order chi connectivity index (χ0) is 24.1. The maximum Gasteiger partial charge on any atom is 0.159 e. The van der Waals surface area contributed by atoms with Crippen molar-refractivity contribution in [3.63, 3.8) is 0 Å². The van der Waals surface area contributed by atoms with Crippen LogP contribution in [0.2, 0.25) is 10.0 Å². The lowest BCUT2D eigenvalue weighted by Gasteiger charge is -2.36. The van der Waals surface area contributed by atoms with E-state index < -0.39 is 0 Å². The molecule has 1 fully saturated rings. The van der Waals surface area contributed by atoms with E-state index in [2.05, 4.69) is 25.8 Å². The van der Waals surface area contributed by atoms with Crippen molar-refractivity contribution in [2.45, 2.75) is 20.4 Å². The number of aromatic nitrogens is 4. The summed E-state index contributed by atoms with van der Waals surface area (Å²) in [6.45, 7) is 8.05. The molecule has 0 radical (unpaired) electrons. The lowest BCUT2D eigenvalue weighted by atomic mass is 10.2. The minimum atomic E-state index is 0.554. The summed E-state index contributed by atoms with van der Waals surface area (Å²) in [4.78, 5) is 21.8. The van der Waals surface area contributed by atoms with Crippen LogP contribution in [0.25, 0.3) is 22.6 Å². The number of hydrogen-bond acceptors (Lipinski definition) is 6. The normalized spacial score (nSPS) is 13.9. The van der Waals surface area contributed by atoms with E-state index in [1.165, 1.54) is 0 Å². The van der Waals surface area contributed by atoms with Crippen LogP contribution in [0, 0.1) is 11.3 Å². The highest BCUT2D eigenvalue weighted by Gasteiger charge is 2.24. The van der Waals surface area contributed by atoms with Gasteiger partial charge in [-0.2, -0.15) is 5.26 Å². The summed E-state index contributed by atoms with van der Waals surface area (Å²) < 4.78 is 0. The monoisotopic (exact) mass is 493 g/mol. The van der Waals surface area contributed by atoms with Crippen molar-refractivity contribution in [3.8, 4) is 17.6 Å². The van der Waals surface area contributed by atoms with Crippen molar-refractivity contribution in [1.29, 1.82) is 5.26 Å². The average molecular weight is 494 g/mol. The van der Waals surface area contributed by atoms with E-state index in [1.807, 2.05) is 32.0 Å². The van der Waals surface area contributed by atoms with Crippen LogP contribution in [0.15, 0.2) is 48.8 Å². The van der Waals surface area contributed by atoms with E-state index in [0.717, 1.165) is 54.6 Å². The third-order valence-electron chi connectivity index (χ3n) is 5.57. The van der Waals surface area contributed by atoms with E-state index in [1.54, 1.807) is 30.6 Å². The minimum Gasteiger partial charge on any atom is -0.352 e. The fraction of sp³-hybridized carbons (Fsp3) is 0.280. The highest BCUT2D eigenvalue weighted by atomic mass is 35.5. The van der Waals surface area contributed by atoms with E-state index in [4.69, 9.17) is 33.2 Å². The number of halogens is 2. The Morgan fingerprint density at radius 3 is 2.50 bits per heavy atom. The van der Waals surface area contributed by atoms with Crippen molar-refractivity contribution in [2.75, 3.05) is 31.1 Å². The SMILES string of the molecule is CC.N#Cc1ccc2nc(N3CCN(Cc4cc(Cl)ccc4Cl)CC3)c(-c3ncc[nH]3)nc2c1. The number of anilines is 1. The molecule has 0 amide bonds. The van der Waals surface area contributed by atoms with E-state index in [9.17, 15) is 5.26 Å². The fourth-order valence-corrected chi connectivity index (χ4v) is 4.28. The van der Waals surface area contributed by atoms with Crippen LogP contribution in [0.5, 0.6) is 0 Å². The summed E-state index contributed by atoms with van der Waals surface area (Å²) in [5, 5.41) is 10.6. The number of H-pyrrole nitrogens is 1. The van der Waals surface area contributed by atoms with Gasteiger partial charge in [-0.25, -0.2) is 15.0 Å². The first-order chi connectivity index (χ1) is 16.6. The largest absolute Gasteiger partial charge is 0.352 e. The third kappa shape index (κ3) is 5.15. The molecule has 0 spiro atoms. The number of benzene rings is 2. The maximum absolute atomic E-state index is 9.23. The van der Waals surface area contributed by atoms with Gasteiger partial charge in [0, 0.05) is 55.2 Å². The van der Waals surface area contributed by atoms with Gasteiger partial charge in [-0.1, -0.05) is 37.0 Å². The number of nitriles is 1. The van der Waals surface area contributed by atoms with Crippen molar-refractivity contribution < 1.29 is 0 Å². The number of piperazine rings is 1. The summed E-state index contributed by atoms with van der Waals surface area (Å²) in [5.41, 5.74) is 3.70. The average Bonchev–Trinajstić information content (AvgIpc) is 3.42. The number of nitrogens with one attached hydrogen (secondary N) is 1. The molecule has 0 aliphatic carbocycles. The maximum atomic E-state index is 9.23. The first kappa shape index (κ1) is 24.0. The molecule has 34 heavy (non-hydrogen) atoms. The molecule has 0 atom stereocenters. The van der Waals surface area contributed by atoms with Crippen molar-refractivity contribution in [3.05, 3.63) is 70.0 Å². The Kier molecular flexibility index (Phi) is 7.63. The second kappa shape index (κ2) is 10.8. The van der Waals surface area contributed by atoms with Gasteiger partial charge < -0.3 is 9.88 Å². The van der Waals surface area contributed by atoms with Crippen LogP contribution in [-0.2, 0) is 6.54 Å². The molecule has 174 valence electrons. The Morgan fingerprint density at radius 1 is 1.00 bits per heavy atom. The van der Waals surface area contributed by atoms with Gasteiger partial charge in [0.05, 0.1) is 22.7 Å². The molecule has 5 rings (SSSR count). The first-order valence-corrected chi connectivity index (χ1v) is 12.0. The number of nitrogens with zero attached hydrogens (tertiary/aromatic N) is 6. The number of fused-ring (bicyclic) bond motifs is 1. The molecule has 4 aromatic rings. The van der Waals surface area contributed by atoms with Crippen LogP contribution in [0.4, 0.5) is 5.82 Å². The molecule has 7 nitrogen and oxygen atoms in total. The number of aromatic amines is 1. The van der Waals surface area contributed by atoms with E-state index in [0.29, 0.717) is 27.6 Å². The van der Waals surface area contributed by atoms with Gasteiger partial charge in [0.2, 0.25) is 0 Å². The molecular weight excluding hydrogens is 469 g/mol. The minimum absolute atomic E-state index is 0.554. The molecule has 1 aliphatic rings. The summed E-state index contributed by atoms with van der Waals surface area (Å²) in [5.74, 6) is 1.45.